The third kappa shape index (κ3) is 7.24. The molecule has 1 aromatic carbocycles. The molecule has 1 aliphatic heterocycles. The zero-order valence-corrected chi connectivity index (χ0v) is 23.3. The number of benzene rings is 1. The van der Waals surface area contributed by atoms with E-state index in [-0.39, 0.29) is 17.8 Å². The maximum absolute atomic E-state index is 13.1. The van der Waals surface area contributed by atoms with Crippen LogP contribution in [0.25, 0.3) is 0 Å². The van der Waals surface area contributed by atoms with E-state index in [1.165, 1.54) is 32.1 Å². The summed E-state index contributed by atoms with van der Waals surface area (Å²) in [6.07, 6.45) is 8.87. The molecule has 1 saturated carbocycles. The molecular weight excluding hydrogens is 484 g/mol. The Morgan fingerprint density at radius 2 is 1.81 bits per heavy atom. The molecule has 1 aliphatic carbocycles. The number of amides is 1. The summed E-state index contributed by atoms with van der Waals surface area (Å²) in [6.45, 7) is 5.42. The Morgan fingerprint density at radius 3 is 2.51 bits per heavy atom. The Hall–Kier alpha value is -2.61. The van der Waals surface area contributed by atoms with E-state index in [4.69, 9.17) is 14.7 Å². The second-order valence-corrected chi connectivity index (χ2v) is 11.0. The highest BCUT2D eigenvalue weighted by Crippen LogP contribution is 2.28. The number of nitrogens with zero attached hydrogens (tertiary/aromatic N) is 4. The fourth-order valence-corrected chi connectivity index (χ4v) is 6.06. The average Bonchev–Trinajstić information content (AvgIpc) is 2.96. The second-order valence-electron chi connectivity index (χ2n) is 10.1. The van der Waals surface area contributed by atoms with Crippen LogP contribution < -0.4 is 4.90 Å². The maximum atomic E-state index is 13.1. The molecule has 0 radical (unpaired) electrons. The molecule has 1 aromatic heterocycles. The molecule has 0 N–H and O–H groups in total. The van der Waals surface area contributed by atoms with Crippen molar-refractivity contribution in [2.75, 3.05) is 31.6 Å². The van der Waals surface area contributed by atoms with Crippen molar-refractivity contribution in [2.24, 2.45) is 5.92 Å². The van der Waals surface area contributed by atoms with Crippen LogP contribution in [-0.2, 0) is 21.7 Å². The van der Waals surface area contributed by atoms with E-state index in [0.29, 0.717) is 31.3 Å². The molecule has 1 amide bonds. The normalized spacial score (nSPS) is 18.5. The smallest absolute Gasteiger partial charge is 0.310 e. The molecule has 7 nitrogen and oxygen atoms in total. The zero-order valence-electron chi connectivity index (χ0n) is 22.4. The van der Waals surface area contributed by atoms with Gasteiger partial charge in [0.15, 0.2) is 5.16 Å². The first kappa shape index (κ1) is 27.4. The lowest BCUT2D eigenvalue weighted by molar-refractivity contribution is -0.149. The minimum Gasteiger partial charge on any atom is -0.466 e. The van der Waals surface area contributed by atoms with Crippen molar-refractivity contribution in [1.82, 2.24) is 14.9 Å². The van der Waals surface area contributed by atoms with Crippen molar-refractivity contribution >= 4 is 29.5 Å². The maximum Gasteiger partial charge on any atom is 0.310 e. The molecule has 0 spiro atoms. The summed E-state index contributed by atoms with van der Waals surface area (Å²) < 4.78 is 5.17. The van der Waals surface area contributed by atoms with E-state index in [1.54, 1.807) is 16.7 Å². The Balaban J connectivity index is 1.37. The van der Waals surface area contributed by atoms with E-state index >= 15 is 0 Å². The quantitative estimate of drug-likeness (QED) is 0.243. The minimum absolute atomic E-state index is 0.0254. The van der Waals surface area contributed by atoms with Crippen molar-refractivity contribution in [3.05, 3.63) is 47.2 Å². The number of piperidine rings is 1. The van der Waals surface area contributed by atoms with Gasteiger partial charge in [0, 0.05) is 49.3 Å². The van der Waals surface area contributed by atoms with Gasteiger partial charge in [0.1, 0.15) is 5.82 Å². The predicted molar refractivity (Wildman–Crippen MR) is 148 cm³/mol. The number of rotatable bonds is 9. The van der Waals surface area contributed by atoms with Gasteiger partial charge in [-0.25, -0.2) is 9.97 Å². The SMILES string of the molecule is CCOC(=O)[C@H]1CCCN(C(=O)c2ccc(CSc3nc(CC)cc(N(C)C4CCCCC4)n3)cc2)C1. The highest BCUT2D eigenvalue weighted by Gasteiger charge is 2.29. The number of anilines is 1. The minimum atomic E-state index is -0.228. The highest BCUT2D eigenvalue weighted by atomic mass is 32.2. The number of esters is 1. The lowest BCUT2D eigenvalue weighted by Crippen LogP contribution is -2.42. The van der Waals surface area contributed by atoms with Gasteiger partial charge in [-0.3, -0.25) is 9.59 Å². The van der Waals surface area contributed by atoms with Gasteiger partial charge in [0.2, 0.25) is 0 Å². The van der Waals surface area contributed by atoms with Crippen molar-refractivity contribution < 1.29 is 14.3 Å². The van der Waals surface area contributed by atoms with Crippen LogP contribution in [0.5, 0.6) is 0 Å². The van der Waals surface area contributed by atoms with Gasteiger partial charge in [-0.1, -0.05) is 50.1 Å². The van der Waals surface area contributed by atoms with Gasteiger partial charge in [-0.15, -0.1) is 0 Å². The summed E-state index contributed by atoms with van der Waals surface area (Å²) >= 11 is 1.64. The van der Waals surface area contributed by atoms with Crippen molar-refractivity contribution in [3.63, 3.8) is 0 Å². The number of carbonyl (C=O) groups is 2. The molecule has 8 heteroatoms. The number of hydrogen-bond donors (Lipinski definition) is 0. The number of aryl methyl sites for hydroxylation is 1. The number of likely N-dealkylation sites (tertiary alicyclic amines) is 1. The fourth-order valence-electron chi connectivity index (χ4n) is 5.23. The molecule has 0 bridgehead atoms. The molecule has 1 atom stereocenters. The van der Waals surface area contributed by atoms with Crippen LogP contribution in [0.1, 0.15) is 80.4 Å². The molecule has 4 rings (SSSR count). The standard InChI is InChI=1S/C29H40N4O3S/c1-4-24-18-26(32(3)25-11-7-6-8-12-25)31-29(30-24)37-20-21-13-15-22(16-14-21)27(34)33-17-9-10-23(19-33)28(35)36-5-2/h13-16,18,23,25H,4-12,17,19-20H2,1-3H3/t23-/m0/s1. The third-order valence-electron chi connectivity index (χ3n) is 7.49. The molecule has 2 heterocycles. The van der Waals surface area contributed by atoms with Gasteiger partial charge >= 0.3 is 5.97 Å². The monoisotopic (exact) mass is 524 g/mol. The largest absolute Gasteiger partial charge is 0.466 e. The van der Waals surface area contributed by atoms with Gasteiger partial charge in [0.25, 0.3) is 5.91 Å². The summed E-state index contributed by atoms with van der Waals surface area (Å²) in [6, 6.07) is 10.5. The Labute approximate surface area is 225 Å². The van der Waals surface area contributed by atoms with E-state index in [0.717, 1.165) is 47.2 Å². The van der Waals surface area contributed by atoms with E-state index in [9.17, 15) is 9.59 Å². The fraction of sp³-hybridized carbons (Fsp3) is 0.586. The van der Waals surface area contributed by atoms with Crippen LogP contribution in [-0.4, -0.2) is 59.5 Å². The number of ether oxygens (including phenoxy) is 1. The van der Waals surface area contributed by atoms with Crippen LogP contribution in [0, 0.1) is 5.92 Å². The summed E-state index contributed by atoms with van der Waals surface area (Å²) in [5.41, 5.74) is 2.84. The highest BCUT2D eigenvalue weighted by molar-refractivity contribution is 7.98. The molecule has 0 unspecified atom stereocenters. The molecular formula is C29H40N4O3S. The van der Waals surface area contributed by atoms with Gasteiger partial charge in [0.05, 0.1) is 12.5 Å². The number of hydrogen-bond acceptors (Lipinski definition) is 7. The van der Waals surface area contributed by atoms with Crippen LogP contribution in [0.3, 0.4) is 0 Å². The Morgan fingerprint density at radius 1 is 1.05 bits per heavy atom. The number of thioether (sulfide) groups is 1. The molecule has 2 aliphatic rings. The van der Waals surface area contributed by atoms with Crippen LogP contribution in [0.4, 0.5) is 5.82 Å². The lowest BCUT2D eigenvalue weighted by atomic mass is 9.94. The Kier molecular flexibility index (Phi) is 9.83. The molecule has 200 valence electrons. The van der Waals surface area contributed by atoms with Crippen LogP contribution >= 0.6 is 11.8 Å². The zero-order chi connectivity index (χ0) is 26.2. The van der Waals surface area contributed by atoms with E-state index < -0.39 is 0 Å². The van der Waals surface area contributed by atoms with Crippen LogP contribution in [0.15, 0.2) is 35.5 Å². The molecule has 1 saturated heterocycles. The summed E-state index contributed by atoms with van der Waals surface area (Å²) in [5.74, 6) is 1.31. The topological polar surface area (TPSA) is 75.6 Å². The summed E-state index contributed by atoms with van der Waals surface area (Å²) in [7, 11) is 2.17. The number of aromatic nitrogens is 2. The van der Waals surface area contributed by atoms with Crippen molar-refractivity contribution in [1.29, 1.82) is 0 Å². The molecule has 37 heavy (non-hydrogen) atoms. The van der Waals surface area contributed by atoms with Crippen LogP contribution in [0.2, 0.25) is 0 Å². The molecule has 2 fully saturated rings. The lowest BCUT2D eigenvalue weighted by Gasteiger charge is -2.32. The first-order valence-electron chi connectivity index (χ1n) is 13.8. The number of carbonyl (C=O) groups excluding carboxylic acids is 2. The van der Waals surface area contributed by atoms with Crippen molar-refractivity contribution in [3.8, 4) is 0 Å². The average molecular weight is 525 g/mol. The van der Waals surface area contributed by atoms with Gasteiger partial charge in [-0.2, -0.15) is 0 Å². The second kappa shape index (κ2) is 13.3. The first-order chi connectivity index (χ1) is 18.0. The Bertz CT molecular complexity index is 1060. The van der Waals surface area contributed by atoms with Gasteiger partial charge in [-0.05, 0) is 56.7 Å². The third-order valence-corrected chi connectivity index (χ3v) is 8.41. The first-order valence-corrected chi connectivity index (χ1v) is 14.8. The molecule has 2 aromatic rings. The summed E-state index contributed by atoms with van der Waals surface area (Å²) in [4.78, 5) is 39.0. The van der Waals surface area contributed by atoms with E-state index in [1.807, 2.05) is 31.2 Å². The van der Waals surface area contributed by atoms with Gasteiger partial charge < -0.3 is 14.5 Å². The van der Waals surface area contributed by atoms with Crippen molar-refractivity contribution in [2.45, 2.75) is 82.2 Å². The summed E-state index contributed by atoms with van der Waals surface area (Å²) in [5, 5.41) is 0.801. The predicted octanol–water partition coefficient (Wildman–Crippen LogP) is 5.52. The van der Waals surface area contributed by atoms with E-state index in [2.05, 4.69) is 24.9 Å².